The van der Waals surface area contributed by atoms with Crippen molar-refractivity contribution >= 4 is 11.9 Å². The average Bonchev–Trinajstić information content (AvgIpc) is 2.58. The summed E-state index contributed by atoms with van der Waals surface area (Å²) in [6.07, 6.45) is 0.809. The van der Waals surface area contributed by atoms with Gasteiger partial charge in [-0.05, 0) is 13.0 Å². The maximum Gasteiger partial charge on any atom is 0.331 e. The molecule has 0 radical (unpaired) electrons. The van der Waals surface area contributed by atoms with E-state index >= 15 is 0 Å². The van der Waals surface area contributed by atoms with Crippen LogP contribution >= 0.6 is 0 Å². The van der Waals surface area contributed by atoms with Crippen LogP contribution in [0, 0.1) is 0 Å². The summed E-state index contributed by atoms with van der Waals surface area (Å²) in [5, 5.41) is 0. The number of amides is 1. The summed E-state index contributed by atoms with van der Waals surface area (Å²) in [5.74, 6) is -0.796. The fraction of sp³-hybridized carbons (Fsp3) is 0.556. The molecule has 0 aliphatic carbocycles. The average molecular weight is 199 g/mol. The number of hydrogen-bond donors (Lipinski definition) is 0. The summed E-state index contributed by atoms with van der Waals surface area (Å²) in [6.45, 7) is 5.17. The molecule has 1 amide bonds. The molecule has 78 valence electrons. The van der Waals surface area contributed by atoms with Crippen molar-refractivity contribution in [1.82, 2.24) is 4.90 Å². The fourth-order valence-corrected chi connectivity index (χ4v) is 1.38. The molecule has 0 bridgehead atoms. The largest absolute Gasteiger partial charge is 0.467 e. The summed E-state index contributed by atoms with van der Waals surface area (Å²) < 4.78 is 9.76. The number of hydrogen-bond acceptors (Lipinski definition) is 4. The molecule has 0 spiro atoms. The van der Waals surface area contributed by atoms with Gasteiger partial charge in [-0.1, -0.05) is 6.58 Å². The summed E-state index contributed by atoms with van der Waals surface area (Å²) >= 11 is 0. The zero-order valence-electron chi connectivity index (χ0n) is 8.23. The molecule has 5 nitrogen and oxygen atoms in total. The number of rotatable bonds is 2. The van der Waals surface area contributed by atoms with Gasteiger partial charge in [0.15, 0.2) is 6.04 Å². The zero-order chi connectivity index (χ0) is 10.7. The Morgan fingerprint density at radius 2 is 2.29 bits per heavy atom. The lowest BCUT2D eigenvalue weighted by molar-refractivity contribution is -0.149. The second-order valence-electron chi connectivity index (χ2n) is 2.98. The van der Waals surface area contributed by atoms with Gasteiger partial charge in [0.1, 0.15) is 6.73 Å². The molecule has 1 heterocycles. The number of carbonyl (C=O) groups is 2. The Kier molecular flexibility index (Phi) is 3.24. The molecule has 5 heteroatoms. The van der Waals surface area contributed by atoms with Gasteiger partial charge in [0.2, 0.25) is 5.91 Å². The fourth-order valence-electron chi connectivity index (χ4n) is 1.38. The van der Waals surface area contributed by atoms with Gasteiger partial charge in [0.05, 0.1) is 13.2 Å². The molecule has 1 fully saturated rings. The highest BCUT2D eigenvalue weighted by Gasteiger charge is 2.40. The van der Waals surface area contributed by atoms with Gasteiger partial charge in [-0.2, -0.15) is 0 Å². The van der Waals surface area contributed by atoms with Crippen molar-refractivity contribution in [3.63, 3.8) is 0 Å². The number of nitrogens with zero attached hydrogens (tertiary/aromatic N) is 1. The predicted octanol–water partition coefficient (Wildman–Crippen LogP) is -0.0812. The predicted molar refractivity (Wildman–Crippen MR) is 48.3 cm³/mol. The van der Waals surface area contributed by atoms with Crippen LogP contribution in [0.3, 0.4) is 0 Å². The first-order valence-electron chi connectivity index (χ1n) is 4.24. The SMILES string of the molecule is C=CC(=O)N1CO[C@H](C)[C@H]1C(=O)OC. The highest BCUT2D eigenvalue weighted by molar-refractivity contribution is 5.91. The maximum atomic E-state index is 11.3. The van der Waals surface area contributed by atoms with Crippen molar-refractivity contribution < 1.29 is 19.1 Å². The van der Waals surface area contributed by atoms with Crippen LogP contribution < -0.4 is 0 Å². The van der Waals surface area contributed by atoms with E-state index in [1.807, 2.05) is 0 Å². The van der Waals surface area contributed by atoms with Crippen molar-refractivity contribution in [2.24, 2.45) is 0 Å². The van der Waals surface area contributed by atoms with Crippen LogP contribution in [-0.4, -0.2) is 42.8 Å². The van der Waals surface area contributed by atoms with Crippen LogP contribution in [0.4, 0.5) is 0 Å². The summed E-state index contributed by atoms with van der Waals surface area (Å²) in [6, 6.07) is -0.662. The molecular formula is C9H13NO4. The molecule has 0 unspecified atom stereocenters. The van der Waals surface area contributed by atoms with Gasteiger partial charge < -0.3 is 9.47 Å². The Morgan fingerprint density at radius 3 is 2.79 bits per heavy atom. The van der Waals surface area contributed by atoms with Crippen molar-refractivity contribution in [2.75, 3.05) is 13.8 Å². The van der Waals surface area contributed by atoms with Crippen molar-refractivity contribution in [1.29, 1.82) is 0 Å². The van der Waals surface area contributed by atoms with E-state index in [0.717, 1.165) is 6.08 Å². The summed E-state index contributed by atoms with van der Waals surface area (Å²) in [5.41, 5.74) is 0. The standard InChI is InChI=1S/C9H13NO4/c1-4-7(11)10-5-14-6(2)8(10)9(12)13-3/h4,6,8H,1,5H2,2-3H3/t6-,8+/m1/s1. The first-order valence-corrected chi connectivity index (χ1v) is 4.24. The molecule has 0 aromatic heterocycles. The van der Waals surface area contributed by atoms with E-state index in [9.17, 15) is 9.59 Å². The van der Waals surface area contributed by atoms with Gasteiger partial charge in [0.25, 0.3) is 0 Å². The highest BCUT2D eigenvalue weighted by Crippen LogP contribution is 2.18. The molecule has 0 aromatic carbocycles. The van der Waals surface area contributed by atoms with Crippen LogP contribution in [0.1, 0.15) is 6.92 Å². The van der Waals surface area contributed by atoms with Crippen molar-refractivity contribution in [3.05, 3.63) is 12.7 Å². The number of methoxy groups -OCH3 is 1. The molecule has 1 aliphatic heterocycles. The number of esters is 1. The van der Waals surface area contributed by atoms with Crippen LogP contribution in [0.25, 0.3) is 0 Å². The third-order valence-corrected chi connectivity index (χ3v) is 2.16. The Hall–Kier alpha value is -1.36. The van der Waals surface area contributed by atoms with Gasteiger partial charge >= 0.3 is 5.97 Å². The molecule has 0 aromatic rings. The molecule has 0 saturated carbocycles. The normalized spacial score (nSPS) is 26.0. The summed E-state index contributed by atoms with van der Waals surface area (Å²) in [7, 11) is 1.28. The first-order chi connectivity index (χ1) is 6.61. The van der Waals surface area contributed by atoms with Gasteiger partial charge in [0, 0.05) is 0 Å². The van der Waals surface area contributed by atoms with E-state index in [1.165, 1.54) is 12.0 Å². The quantitative estimate of drug-likeness (QED) is 0.461. The topological polar surface area (TPSA) is 55.8 Å². The summed E-state index contributed by atoms with van der Waals surface area (Å²) in [4.78, 5) is 23.9. The Bertz CT molecular complexity index is 264. The van der Waals surface area contributed by atoms with Crippen LogP contribution in [0.2, 0.25) is 0 Å². The molecule has 14 heavy (non-hydrogen) atoms. The zero-order valence-corrected chi connectivity index (χ0v) is 8.23. The monoisotopic (exact) mass is 199 g/mol. The molecule has 1 rings (SSSR count). The van der Waals surface area contributed by atoms with E-state index in [0.29, 0.717) is 0 Å². The molecule has 2 atom stereocenters. The lowest BCUT2D eigenvalue weighted by Gasteiger charge is -2.20. The molecule has 0 N–H and O–H groups in total. The minimum absolute atomic E-state index is 0.103. The number of carbonyl (C=O) groups excluding carboxylic acids is 2. The van der Waals surface area contributed by atoms with E-state index in [4.69, 9.17) is 4.74 Å². The molecular weight excluding hydrogens is 186 g/mol. The van der Waals surface area contributed by atoms with Crippen LogP contribution in [0.15, 0.2) is 12.7 Å². The first kappa shape index (κ1) is 10.7. The lowest BCUT2D eigenvalue weighted by Crippen LogP contribution is -2.44. The third-order valence-electron chi connectivity index (χ3n) is 2.16. The highest BCUT2D eigenvalue weighted by atomic mass is 16.5. The Balaban J connectivity index is 2.81. The van der Waals surface area contributed by atoms with E-state index in [-0.39, 0.29) is 18.7 Å². The minimum atomic E-state index is -0.662. The second kappa shape index (κ2) is 4.23. The van der Waals surface area contributed by atoms with Gasteiger partial charge in [-0.15, -0.1) is 0 Å². The van der Waals surface area contributed by atoms with E-state index in [1.54, 1.807) is 6.92 Å². The number of ether oxygens (including phenoxy) is 2. The van der Waals surface area contributed by atoms with Gasteiger partial charge in [-0.3, -0.25) is 9.69 Å². The van der Waals surface area contributed by atoms with Crippen LogP contribution in [-0.2, 0) is 19.1 Å². The van der Waals surface area contributed by atoms with Crippen molar-refractivity contribution in [3.8, 4) is 0 Å². The van der Waals surface area contributed by atoms with Gasteiger partial charge in [-0.25, -0.2) is 4.79 Å². The van der Waals surface area contributed by atoms with E-state index in [2.05, 4.69) is 11.3 Å². The lowest BCUT2D eigenvalue weighted by atomic mass is 10.2. The molecule has 1 saturated heterocycles. The smallest absolute Gasteiger partial charge is 0.331 e. The Labute approximate surface area is 82.3 Å². The maximum absolute atomic E-state index is 11.3. The minimum Gasteiger partial charge on any atom is -0.467 e. The third kappa shape index (κ3) is 1.77. The molecule has 1 aliphatic rings. The van der Waals surface area contributed by atoms with Crippen molar-refractivity contribution in [2.45, 2.75) is 19.1 Å². The van der Waals surface area contributed by atoms with Crippen LogP contribution in [0.5, 0.6) is 0 Å². The second-order valence-corrected chi connectivity index (χ2v) is 2.98. The Morgan fingerprint density at radius 1 is 1.64 bits per heavy atom. The van der Waals surface area contributed by atoms with E-state index < -0.39 is 12.0 Å².